The lowest BCUT2D eigenvalue weighted by Crippen LogP contribution is -2.39. The number of amides is 1. The third-order valence-electron chi connectivity index (χ3n) is 4.07. The molecule has 0 radical (unpaired) electrons. The Hall–Kier alpha value is -2.06. The number of nitrogen functional groups attached to an aromatic ring is 1. The maximum absolute atomic E-state index is 12.5. The van der Waals surface area contributed by atoms with Crippen molar-refractivity contribution in [3.63, 3.8) is 0 Å². The van der Waals surface area contributed by atoms with Gasteiger partial charge in [-0.05, 0) is 25.0 Å². The van der Waals surface area contributed by atoms with Crippen LogP contribution in [-0.2, 0) is 0 Å². The number of rotatable bonds is 2. The SMILES string of the molecule is Nc1nc2nc(C3CCCN(C(=O)c4cscn4)C3)ccc2s1. The van der Waals surface area contributed by atoms with Gasteiger partial charge >= 0.3 is 0 Å². The van der Waals surface area contributed by atoms with Gasteiger partial charge in [0.05, 0.1) is 10.2 Å². The average Bonchev–Trinajstić information content (AvgIpc) is 3.22. The first-order valence-electron chi connectivity index (χ1n) is 7.41. The largest absolute Gasteiger partial charge is 0.375 e. The number of pyridine rings is 1. The van der Waals surface area contributed by atoms with Crippen LogP contribution in [-0.4, -0.2) is 38.8 Å². The molecule has 1 fully saturated rings. The summed E-state index contributed by atoms with van der Waals surface area (Å²) in [5.74, 6) is 0.244. The minimum atomic E-state index is 0.00920. The maximum Gasteiger partial charge on any atom is 0.273 e. The highest BCUT2D eigenvalue weighted by Crippen LogP contribution is 2.29. The summed E-state index contributed by atoms with van der Waals surface area (Å²) in [4.78, 5) is 27.4. The highest BCUT2D eigenvalue weighted by molar-refractivity contribution is 7.21. The standard InChI is InChI=1S/C15H15N5OS2/c16-15-19-13-12(23-15)4-3-10(18-13)9-2-1-5-20(6-9)14(21)11-7-22-8-17-11/h3-4,7-9H,1-2,5-6H2,(H2,16,18,19). The Balaban J connectivity index is 1.57. The van der Waals surface area contributed by atoms with E-state index < -0.39 is 0 Å². The molecule has 0 aromatic carbocycles. The molecule has 3 aromatic rings. The highest BCUT2D eigenvalue weighted by Gasteiger charge is 2.27. The zero-order valence-electron chi connectivity index (χ0n) is 12.3. The Labute approximate surface area is 141 Å². The van der Waals surface area contributed by atoms with E-state index in [1.807, 2.05) is 17.0 Å². The second kappa shape index (κ2) is 5.86. The van der Waals surface area contributed by atoms with Crippen molar-refractivity contribution < 1.29 is 4.79 Å². The third-order valence-corrected chi connectivity index (χ3v) is 5.50. The van der Waals surface area contributed by atoms with Gasteiger partial charge in [-0.1, -0.05) is 11.3 Å². The highest BCUT2D eigenvalue weighted by atomic mass is 32.1. The smallest absolute Gasteiger partial charge is 0.273 e. The molecule has 0 bridgehead atoms. The van der Waals surface area contributed by atoms with Crippen LogP contribution in [0.25, 0.3) is 10.3 Å². The molecule has 0 aliphatic carbocycles. The molecular weight excluding hydrogens is 330 g/mol. The molecule has 1 atom stereocenters. The molecule has 118 valence electrons. The lowest BCUT2D eigenvalue weighted by Gasteiger charge is -2.32. The fourth-order valence-corrected chi connectivity index (χ4v) is 4.16. The molecule has 1 unspecified atom stereocenters. The van der Waals surface area contributed by atoms with Crippen LogP contribution in [0.15, 0.2) is 23.0 Å². The molecule has 1 saturated heterocycles. The molecule has 4 rings (SSSR count). The number of hydrogen-bond donors (Lipinski definition) is 1. The van der Waals surface area contributed by atoms with E-state index in [9.17, 15) is 4.79 Å². The summed E-state index contributed by atoms with van der Waals surface area (Å²) >= 11 is 2.89. The van der Waals surface area contributed by atoms with Gasteiger partial charge in [-0.15, -0.1) is 11.3 Å². The van der Waals surface area contributed by atoms with Crippen molar-refractivity contribution in [1.29, 1.82) is 0 Å². The van der Waals surface area contributed by atoms with Crippen LogP contribution in [0.3, 0.4) is 0 Å². The summed E-state index contributed by atoms with van der Waals surface area (Å²) in [5.41, 5.74) is 9.66. The minimum absolute atomic E-state index is 0.00920. The van der Waals surface area contributed by atoms with Crippen molar-refractivity contribution in [3.8, 4) is 0 Å². The van der Waals surface area contributed by atoms with Crippen LogP contribution < -0.4 is 5.73 Å². The molecule has 4 heterocycles. The molecule has 3 aromatic heterocycles. The molecular formula is C15H15N5OS2. The number of nitrogens with two attached hydrogens (primary N) is 1. The lowest BCUT2D eigenvalue weighted by molar-refractivity contribution is 0.0701. The Morgan fingerprint density at radius 2 is 2.26 bits per heavy atom. The molecule has 8 heteroatoms. The normalized spacial score (nSPS) is 18.4. The van der Waals surface area contributed by atoms with E-state index in [2.05, 4.69) is 15.0 Å². The van der Waals surface area contributed by atoms with Gasteiger partial charge in [0.2, 0.25) is 0 Å². The zero-order valence-corrected chi connectivity index (χ0v) is 13.9. The Morgan fingerprint density at radius 1 is 1.35 bits per heavy atom. The van der Waals surface area contributed by atoms with E-state index in [1.165, 1.54) is 22.7 Å². The van der Waals surface area contributed by atoms with Gasteiger partial charge in [-0.2, -0.15) is 0 Å². The molecule has 1 aliphatic heterocycles. The van der Waals surface area contributed by atoms with Crippen molar-refractivity contribution in [2.24, 2.45) is 0 Å². The van der Waals surface area contributed by atoms with Crippen LogP contribution in [0.1, 0.15) is 34.9 Å². The molecule has 1 aliphatic rings. The van der Waals surface area contributed by atoms with E-state index >= 15 is 0 Å². The van der Waals surface area contributed by atoms with Gasteiger partial charge < -0.3 is 10.6 Å². The number of piperidine rings is 1. The van der Waals surface area contributed by atoms with E-state index in [1.54, 1.807) is 10.9 Å². The molecule has 0 saturated carbocycles. The van der Waals surface area contributed by atoms with E-state index in [0.29, 0.717) is 23.0 Å². The van der Waals surface area contributed by atoms with Gasteiger partial charge in [0.25, 0.3) is 5.91 Å². The van der Waals surface area contributed by atoms with Gasteiger partial charge in [-0.3, -0.25) is 4.79 Å². The number of carbonyl (C=O) groups excluding carboxylic acids is 1. The first-order chi connectivity index (χ1) is 11.2. The van der Waals surface area contributed by atoms with Crippen LogP contribution >= 0.6 is 22.7 Å². The summed E-state index contributed by atoms with van der Waals surface area (Å²) in [5, 5.41) is 2.34. The number of anilines is 1. The molecule has 1 amide bonds. The summed E-state index contributed by atoms with van der Waals surface area (Å²) in [6.07, 6.45) is 2.00. The number of fused-ring (bicyclic) bond motifs is 1. The summed E-state index contributed by atoms with van der Waals surface area (Å²) in [6, 6.07) is 4.05. The van der Waals surface area contributed by atoms with Gasteiger partial charge in [0, 0.05) is 30.1 Å². The number of carbonyl (C=O) groups is 1. The number of likely N-dealkylation sites (tertiary alicyclic amines) is 1. The number of thiazole rings is 2. The van der Waals surface area contributed by atoms with Crippen molar-refractivity contribution in [3.05, 3.63) is 34.4 Å². The average molecular weight is 345 g/mol. The molecule has 0 spiro atoms. The van der Waals surface area contributed by atoms with E-state index in [0.717, 1.165) is 29.8 Å². The number of nitrogens with zero attached hydrogens (tertiary/aromatic N) is 4. The molecule has 23 heavy (non-hydrogen) atoms. The fraction of sp³-hybridized carbons (Fsp3) is 0.333. The van der Waals surface area contributed by atoms with Crippen LogP contribution in [0.2, 0.25) is 0 Å². The van der Waals surface area contributed by atoms with Crippen molar-refractivity contribution in [2.45, 2.75) is 18.8 Å². The van der Waals surface area contributed by atoms with Crippen molar-refractivity contribution in [1.82, 2.24) is 19.9 Å². The Morgan fingerprint density at radius 3 is 3.09 bits per heavy atom. The monoisotopic (exact) mass is 345 g/mol. The predicted octanol–water partition coefficient (Wildman–Crippen LogP) is 2.75. The van der Waals surface area contributed by atoms with Gasteiger partial charge in [-0.25, -0.2) is 15.0 Å². The minimum Gasteiger partial charge on any atom is -0.375 e. The molecule has 6 nitrogen and oxygen atoms in total. The summed E-state index contributed by atoms with van der Waals surface area (Å²) < 4.78 is 0.998. The Kier molecular flexibility index (Phi) is 3.70. The van der Waals surface area contributed by atoms with Gasteiger partial charge in [0.15, 0.2) is 10.8 Å². The van der Waals surface area contributed by atoms with Crippen LogP contribution in [0.4, 0.5) is 5.13 Å². The Bertz CT molecular complexity index is 845. The first kappa shape index (κ1) is 14.5. The van der Waals surface area contributed by atoms with E-state index in [-0.39, 0.29) is 11.8 Å². The van der Waals surface area contributed by atoms with Gasteiger partial charge in [0.1, 0.15) is 5.69 Å². The topological polar surface area (TPSA) is 85.0 Å². The summed E-state index contributed by atoms with van der Waals surface area (Å²) in [7, 11) is 0. The number of aromatic nitrogens is 3. The van der Waals surface area contributed by atoms with E-state index in [4.69, 9.17) is 5.73 Å². The second-order valence-corrected chi connectivity index (χ2v) is 7.35. The third kappa shape index (κ3) is 2.79. The molecule has 2 N–H and O–H groups in total. The fourth-order valence-electron chi connectivity index (χ4n) is 2.96. The quantitative estimate of drug-likeness (QED) is 0.772. The van der Waals surface area contributed by atoms with Crippen molar-refractivity contribution in [2.75, 3.05) is 18.8 Å². The first-order valence-corrected chi connectivity index (χ1v) is 9.17. The van der Waals surface area contributed by atoms with Crippen molar-refractivity contribution >= 4 is 44.1 Å². The predicted molar refractivity (Wildman–Crippen MR) is 91.8 cm³/mol. The maximum atomic E-state index is 12.5. The lowest BCUT2D eigenvalue weighted by atomic mass is 9.94. The van der Waals surface area contributed by atoms with Crippen LogP contribution in [0.5, 0.6) is 0 Å². The van der Waals surface area contributed by atoms with Crippen LogP contribution in [0, 0.1) is 0 Å². The summed E-state index contributed by atoms with van der Waals surface area (Å²) in [6.45, 7) is 1.45. The number of hydrogen-bond acceptors (Lipinski definition) is 7. The zero-order chi connectivity index (χ0) is 15.8. The second-order valence-electron chi connectivity index (χ2n) is 5.57.